The second-order valence-electron chi connectivity index (χ2n) is 5.72. The van der Waals surface area contributed by atoms with Gasteiger partial charge in [-0.25, -0.2) is 12.4 Å². The van der Waals surface area contributed by atoms with Gasteiger partial charge in [0.15, 0.2) is 6.10 Å². The second-order valence-corrected chi connectivity index (χ2v) is 7.51. The molecule has 0 saturated carbocycles. The molecule has 1 heterocycles. The van der Waals surface area contributed by atoms with Crippen molar-refractivity contribution in [3.05, 3.63) is 72.4 Å². The molecular weight excluding hydrogens is 362 g/mol. The zero-order chi connectivity index (χ0) is 19.4. The lowest BCUT2D eigenvalue weighted by Gasteiger charge is -2.17. The Labute approximate surface area is 158 Å². The summed E-state index contributed by atoms with van der Waals surface area (Å²) < 4.78 is 38.7. The quantitative estimate of drug-likeness (QED) is 0.461. The highest BCUT2D eigenvalue weighted by Crippen LogP contribution is 2.35. The van der Waals surface area contributed by atoms with E-state index in [4.69, 9.17) is 15.9 Å². The number of hydrogen-bond acceptors (Lipinski definition) is 4. The first-order valence-electron chi connectivity index (χ1n) is 8.19. The molecule has 1 unspecified atom stereocenters. The van der Waals surface area contributed by atoms with E-state index in [9.17, 15) is 8.42 Å². The Kier molecular flexibility index (Phi) is 5.47. The van der Waals surface area contributed by atoms with Crippen molar-refractivity contribution in [2.24, 2.45) is 0 Å². The van der Waals surface area contributed by atoms with E-state index in [1.807, 2.05) is 12.1 Å². The molecule has 0 fully saturated rings. The minimum atomic E-state index is -3.91. The van der Waals surface area contributed by atoms with Crippen LogP contribution in [0.1, 0.15) is 17.4 Å². The Morgan fingerprint density at radius 3 is 2.48 bits per heavy atom. The number of aromatic nitrogens is 1. The van der Waals surface area contributed by atoms with Gasteiger partial charge < -0.3 is 9.47 Å². The Morgan fingerprint density at radius 2 is 1.85 bits per heavy atom. The predicted molar refractivity (Wildman–Crippen MR) is 106 cm³/mol. The van der Waals surface area contributed by atoms with Gasteiger partial charge in [-0.15, -0.1) is 6.42 Å². The fraction of sp³-hybridized carbons (Fsp3) is 0.143. The summed E-state index contributed by atoms with van der Waals surface area (Å²) in [4.78, 5) is 0.158. The van der Waals surface area contributed by atoms with Crippen LogP contribution in [0, 0.1) is 12.3 Å². The van der Waals surface area contributed by atoms with Crippen LogP contribution < -0.4 is 0 Å². The highest BCUT2D eigenvalue weighted by atomic mass is 32.2. The Morgan fingerprint density at radius 1 is 1.19 bits per heavy atom. The first kappa shape index (κ1) is 18.9. The Balaban J connectivity index is 2.39. The molecule has 0 amide bonds. The van der Waals surface area contributed by atoms with Crippen LogP contribution in [-0.4, -0.2) is 26.3 Å². The third-order valence-corrected chi connectivity index (χ3v) is 5.89. The second kappa shape index (κ2) is 7.80. The zero-order valence-electron chi connectivity index (χ0n) is 14.8. The summed E-state index contributed by atoms with van der Waals surface area (Å²) in [6.45, 7) is 3.77. The largest absolute Gasteiger partial charge is 0.359 e. The van der Waals surface area contributed by atoms with E-state index in [0.717, 1.165) is 5.39 Å². The molecule has 5 nitrogen and oxygen atoms in total. The summed E-state index contributed by atoms with van der Waals surface area (Å²) in [5.74, 6) is 2.52. The van der Waals surface area contributed by atoms with Gasteiger partial charge in [0.25, 0.3) is 10.0 Å². The van der Waals surface area contributed by atoms with Crippen molar-refractivity contribution in [1.82, 2.24) is 3.97 Å². The number of fused-ring (bicyclic) bond motifs is 1. The first-order chi connectivity index (χ1) is 13.1. The molecule has 138 valence electrons. The molecule has 27 heavy (non-hydrogen) atoms. The van der Waals surface area contributed by atoms with Gasteiger partial charge >= 0.3 is 0 Å². The molecule has 1 atom stereocenters. The van der Waals surface area contributed by atoms with Gasteiger partial charge in [-0.3, -0.25) is 0 Å². The lowest BCUT2D eigenvalue weighted by molar-refractivity contribution is -0.0548. The fourth-order valence-corrected chi connectivity index (χ4v) is 4.60. The average Bonchev–Trinajstić information content (AvgIpc) is 3.04. The maximum Gasteiger partial charge on any atom is 0.268 e. The predicted octanol–water partition coefficient (Wildman–Crippen LogP) is 3.82. The molecule has 2 aromatic carbocycles. The molecule has 6 heteroatoms. The maximum absolute atomic E-state index is 13.5. The topological polar surface area (TPSA) is 57.5 Å². The van der Waals surface area contributed by atoms with Crippen LogP contribution in [0.2, 0.25) is 0 Å². The molecule has 0 bridgehead atoms. The average molecular weight is 381 g/mol. The number of benzene rings is 2. The van der Waals surface area contributed by atoms with E-state index >= 15 is 0 Å². The number of para-hydroxylation sites is 1. The third kappa shape index (κ3) is 3.28. The van der Waals surface area contributed by atoms with Gasteiger partial charge in [-0.1, -0.05) is 55.0 Å². The molecule has 0 aliphatic rings. The van der Waals surface area contributed by atoms with E-state index in [1.165, 1.54) is 11.1 Å². The number of rotatable bonds is 7. The number of nitrogens with zero attached hydrogens (tertiary/aromatic N) is 1. The minimum Gasteiger partial charge on any atom is -0.359 e. The molecule has 3 rings (SSSR count). The van der Waals surface area contributed by atoms with E-state index in [2.05, 4.69) is 12.5 Å². The summed E-state index contributed by atoms with van der Waals surface area (Å²) in [5, 5.41) is 0.725. The van der Waals surface area contributed by atoms with Crippen molar-refractivity contribution in [2.45, 2.75) is 11.0 Å². The molecular formula is C21H19NO4S. The summed E-state index contributed by atoms with van der Waals surface area (Å²) in [6, 6.07) is 15.4. The summed E-state index contributed by atoms with van der Waals surface area (Å²) in [7, 11) is -2.44. The van der Waals surface area contributed by atoms with Gasteiger partial charge in [0.1, 0.15) is 6.79 Å². The Bertz CT molecular complexity index is 1110. The lowest BCUT2D eigenvalue weighted by atomic mass is 10.1. The van der Waals surface area contributed by atoms with Crippen molar-refractivity contribution in [3.63, 3.8) is 0 Å². The summed E-state index contributed by atoms with van der Waals surface area (Å²) in [5.41, 5.74) is 1.45. The number of ether oxygens (including phenoxy) is 2. The van der Waals surface area contributed by atoms with Crippen LogP contribution in [0.4, 0.5) is 0 Å². The van der Waals surface area contributed by atoms with Crippen molar-refractivity contribution in [2.75, 3.05) is 13.9 Å². The first-order valence-corrected chi connectivity index (χ1v) is 9.63. The van der Waals surface area contributed by atoms with Crippen LogP contribution in [0.15, 0.2) is 66.1 Å². The monoisotopic (exact) mass is 381 g/mol. The molecule has 0 aliphatic heterocycles. The van der Waals surface area contributed by atoms with Crippen LogP contribution in [0.25, 0.3) is 17.0 Å². The van der Waals surface area contributed by atoms with Gasteiger partial charge in [-0.2, -0.15) is 0 Å². The Hall–Kier alpha value is -2.85. The number of methoxy groups -OCH3 is 1. The molecule has 3 aromatic rings. The van der Waals surface area contributed by atoms with E-state index in [0.29, 0.717) is 16.8 Å². The molecule has 0 aliphatic carbocycles. The fourth-order valence-electron chi connectivity index (χ4n) is 3.02. The standard InChI is InChI=1S/C21H19NO4S/c1-4-17-18-13-9-10-14-19(18)22(21(17)20(5-2)26-15-25-3)27(23,24)16-11-7-6-8-12-16/h2,4,6-14,20H,1,15H2,3H3. The molecule has 0 saturated heterocycles. The van der Waals surface area contributed by atoms with Crippen molar-refractivity contribution in [1.29, 1.82) is 0 Å². The minimum absolute atomic E-state index is 0.0711. The van der Waals surface area contributed by atoms with Gasteiger partial charge in [0.2, 0.25) is 0 Å². The van der Waals surface area contributed by atoms with Crippen LogP contribution in [0.3, 0.4) is 0 Å². The molecule has 0 spiro atoms. The summed E-state index contributed by atoms with van der Waals surface area (Å²) in [6.07, 6.45) is 6.33. The zero-order valence-corrected chi connectivity index (χ0v) is 15.6. The van der Waals surface area contributed by atoms with Gasteiger partial charge in [0.05, 0.1) is 16.1 Å². The van der Waals surface area contributed by atoms with Gasteiger partial charge in [-0.05, 0) is 18.2 Å². The highest BCUT2D eigenvalue weighted by Gasteiger charge is 2.30. The smallest absolute Gasteiger partial charge is 0.268 e. The summed E-state index contributed by atoms with van der Waals surface area (Å²) >= 11 is 0. The molecule has 0 radical (unpaired) electrons. The van der Waals surface area contributed by atoms with Crippen LogP contribution in [-0.2, 0) is 19.5 Å². The van der Waals surface area contributed by atoms with E-state index < -0.39 is 16.1 Å². The van der Waals surface area contributed by atoms with Crippen molar-refractivity contribution >= 4 is 27.0 Å². The number of hydrogen-bond donors (Lipinski definition) is 0. The number of terminal acetylenes is 1. The molecule has 1 aromatic heterocycles. The molecule has 0 N–H and O–H groups in total. The van der Waals surface area contributed by atoms with Crippen LogP contribution >= 0.6 is 0 Å². The lowest BCUT2D eigenvalue weighted by Crippen LogP contribution is -2.19. The van der Waals surface area contributed by atoms with E-state index in [1.54, 1.807) is 48.5 Å². The highest BCUT2D eigenvalue weighted by molar-refractivity contribution is 7.90. The maximum atomic E-state index is 13.5. The SMILES string of the molecule is C#CC(OCOC)c1c(C=C)c2ccccc2n1S(=O)(=O)c1ccccc1. The van der Waals surface area contributed by atoms with Crippen molar-refractivity contribution < 1.29 is 17.9 Å². The van der Waals surface area contributed by atoms with Crippen molar-refractivity contribution in [3.8, 4) is 12.3 Å². The van der Waals surface area contributed by atoms with Crippen LogP contribution in [0.5, 0.6) is 0 Å². The van der Waals surface area contributed by atoms with Gasteiger partial charge in [0, 0.05) is 18.1 Å². The normalized spacial score (nSPS) is 12.6. The third-order valence-electron chi connectivity index (χ3n) is 4.15. The van der Waals surface area contributed by atoms with E-state index in [-0.39, 0.29) is 11.7 Å².